The van der Waals surface area contributed by atoms with Gasteiger partial charge in [0.1, 0.15) is 0 Å². The summed E-state index contributed by atoms with van der Waals surface area (Å²) in [7, 11) is 0. The van der Waals surface area contributed by atoms with E-state index in [2.05, 4.69) is 26.1 Å². The van der Waals surface area contributed by atoms with Crippen molar-refractivity contribution in [1.29, 1.82) is 0 Å². The molecule has 19 heavy (non-hydrogen) atoms. The molecule has 2 rings (SSSR count). The van der Waals surface area contributed by atoms with E-state index in [-0.39, 0.29) is 12.1 Å². The van der Waals surface area contributed by atoms with Crippen molar-refractivity contribution in [2.75, 3.05) is 19.8 Å². The minimum atomic E-state index is -0.182. The van der Waals surface area contributed by atoms with Crippen molar-refractivity contribution in [2.24, 2.45) is 17.8 Å². The van der Waals surface area contributed by atoms with Crippen LogP contribution in [0.25, 0.3) is 0 Å². The van der Waals surface area contributed by atoms with Crippen molar-refractivity contribution in [1.82, 2.24) is 5.32 Å². The molecule has 2 N–H and O–H groups in total. The van der Waals surface area contributed by atoms with Crippen LogP contribution in [0, 0.1) is 17.8 Å². The summed E-state index contributed by atoms with van der Waals surface area (Å²) in [5.74, 6) is 2.16. The standard InChI is InChI=1S/C16H31NO2/c1-4-17-16(10-18,14-5-6-14)11-19-15-8-12(2)7-13(3)9-15/h12-15,17-18H,4-11H2,1-3H3. The number of likely N-dealkylation sites (N-methyl/N-ethyl adjacent to an activating group) is 1. The molecule has 3 nitrogen and oxygen atoms in total. The highest BCUT2D eigenvalue weighted by Gasteiger charge is 2.45. The van der Waals surface area contributed by atoms with E-state index in [0.717, 1.165) is 18.4 Å². The molecule has 3 heteroatoms. The number of hydrogen-bond donors (Lipinski definition) is 2. The summed E-state index contributed by atoms with van der Waals surface area (Å²) in [5.41, 5.74) is -0.182. The Morgan fingerprint density at radius 3 is 2.26 bits per heavy atom. The van der Waals surface area contributed by atoms with Gasteiger partial charge in [-0.3, -0.25) is 0 Å². The number of ether oxygens (including phenoxy) is 1. The Balaban J connectivity index is 1.87. The molecule has 2 saturated carbocycles. The van der Waals surface area contributed by atoms with Crippen LogP contribution in [0.1, 0.15) is 52.9 Å². The molecule has 0 saturated heterocycles. The van der Waals surface area contributed by atoms with Crippen molar-refractivity contribution >= 4 is 0 Å². The van der Waals surface area contributed by atoms with Gasteiger partial charge >= 0.3 is 0 Å². The van der Waals surface area contributed by atoms with Crippen LogP contribution in [0.15, 0.2) is 0 Å². The quantitative estimate of drug-likeness (QED) is 0.746. The molecule has 0 aliphatic heterocycles. The van der Waals surface area contributed by atoms with Crippen LogP contribution in [0.2, 0.25) is 0 Å². The average molecular weight is 269 g/mol. The number of rotatable bonds is 7. The van der Waals surface area contributed by atoms with Crippen LogP contribution < -0.4 is 5.32 Å². The number of hydrogen-bond acceptors (Lipinski definition) is 3. The maximum atomic E-state index is 9.81. The Kier molecular flexibility index (Phi) is 5.27. The third kappa shape index (κ3) is 3.93. The third-order valence-electron chi connectivity index (χ3n) is 4.88. The summed E-state index contributed by atoms with van der Waals surface area (Å²) >= 11 is 0. The molecule has 3 atom stereocenters. The largest absolute Gasteiger partial charge is 0.394 e. The van der Waals surface area contributed by atoms with Crippen LogP contribution in [-0.4, -0.2) is 36.5 Å². The van der Waals surface area contributed by atoms with Gasteiger partial charge in [0.2, 0.25) is 0 Å². The van der Waals surface area contributed by atoms with Gasteiger partial charge in [-0.15, -0.1) is 0 Å². The fraction of sp³-hybridized carbons (Fsp3) is 1.00. The van der Waals surface area contributed by atoms with Gasteiger partial charge in [-0.25, -0.2) is 0 Å². The Morgan fingerprint density at radius 1 is 1.16 bits per heavy atom. The summed E-state index contributed by atoms with van der Waals surface area (Å²) < 4.78 is 6.21. The monoisotopic (exact) mass is 269 g/mol. The maximum absolute atomic E-state index is 9.81. The lowest BCUT2D eigenvalue weighted by Gasteiger charge is -2.37. The molecule has 0 aromatic rings. The van der Waals surface area contributed by atoms with Gasteiger partial charge < -0.3 is 15.2 Å². The number of aliphatic hydroxyl groups is 1. The lowest BCUT2D eigenvalue weighted by molar-refractivity contribution is -0.0464. The van der Waals surface area contributed by atoms with E-state index in [1.54, 1.807) is 0 Å². The molecule has 2 fully saturated rings. The third-order valence-corrected chi connectivity index (χ3v) is 4.88. The average Bonchev–Trinajstić information content (AvgIpc) is 3.18. The number of aliphatic hydroxyl groups excluding tert-OH is 1. The molecule has 0 aromatic carbocycles. The van der Waals surface area contributed by atoms with Gasteiger partial charge in [-0.2, -0.15) is 0 Å². The topological polar surface area (TPSA) is 41.5 Å². The smallest absolute Gasteiger partial charge is 0.0679 e. The predicted octanol–water partition coefficient (Wildman–Crippen LogP) is 2.58. The molecule has 0 aromatic heterocycles. The SMILES string of the molecule is CCNC(CO)(COC1CC(C)CC(C)C1)C1CC1. The molecule has 0 radical (unpaired) electrons. The maximum Gasteiger partial charge on any atom is 0.0679 e. The molecule has 0 spiro atoms. The minimum absolute atomic E-state index is 0.182. The van der Waals surface area contributed by atoms with Crippen molar-refractivity contribution in [3.8, 4) is 0 Å². The zero-order chi connectivity index (χ0) is 13.9. The van der Waals surface area contributed by atoms with Crippen LogP contribution in [-0.2, 0) is 4.74 Å². The molecule has 2 aliphatic carbocycles. The van der Waals surface area contributed by atoms with Crippen LogP contribution in [0.3, 0.4) is 0 Å². The summed E-state index contributed by atoms with van der Waals surface area (Å²) in [6.45, 7) is 8.54. The highest BCUT2D eigenvalue weighted by molar-refractivity contribution is 5.01. The Labute approximate surface area is 118 Å². The first-order valence-corrected chi connectivity index (χ1v) is 8.07. The Hall–Kier alpha value is -0.120. The van der Waals surface area contributed by atoms with Crippen LogP contribution in [0.5, 0.6) is 0 Å². The van der Waals surface area contributed by atoms with E-state index >= 15 is 0 Å². The first-order valence-electron chi connectivity index (χ1n) is 8.07. The zero-order valence-electron chi connectivity index (χ0n) is 12.8. The Morgan fingerprint density at radius 2 is 1.79 bits per heavy atom. The second kappa shape index (κ2) is 6.55. The summed E-state index contributed by atoms with van der Waals surface area (Å²) in [5, 5.41) is 13.3. The normalized spacial score (nSPS) is 35.1. The van der Waals surface area contributed by atoms with E-state index < -0.39 is 0 Å². The zero-order valence-corrected chi connectivity index (χ0v) is 12.8. The summed E-state index contributed by atoms with van der Waals surface area (Å²) in [4.78, 5) is 0. The van der Waals surface area contributed by atoms with Gasteiger partial charge in [0.05, 0.1) is 24.9 Å². The second-order valence-electron chi connectivity index (χ2n) is 6.97. The second-order valence-corrected chi connectivity index (χ2v) is 6.97. The molecule has 0 bridgehead atoms. The van der Waals surface area contributed by atoms with Gasteiger partial charge in [0, 0.05) is 0 Å². The molecular weight excluding hydrogens is 238 g/mol. The molecule has 112 valence electrons. The lowest BCUT2D eigenvalue weighted by atomic mass is 9.81. The van der Waals surface area contributed by atoms with E-state index in [4.69, 9.17) is 4.74 Å². The molecule has 0 amide bonds. The highest BCUT2D eigenvalue weighted by atomic mass is 16.5. The van der Waals surface area contributed by atoms with Crippen molar-refractivity contribution in [2.45, 2.75) is 64.5 Å². The number of nitrogens with one attached hydrogen (secondary N) is 1. The van der Waals surface area contributed by atoms with Crippen molar-refractivity contribution < 1.29 is 9.84 Å². The molecule has 2 aliphatic rings. The first-order chi connectivity index (χ1) is 9.09. The van der Waals surface area contributed by atoms with E-state index in [0.29, 0.717) is 18.6 Å². The van der Waals surface area contributed by atoms with E-state index in [9.17, 15) is 5.11 Å². The van der Waals surface area contributed by atoms with E-state index in [1.165, 1.54) is 32.1 Å². The molecule has 3 unspecified atom stereocenters. The van der Waals surface area contributed by atoms with E-state index in [1.807, 2.05) is 0 Å². The van der Waals surface area contributed by atoms with Gasteiger partial charge in [0.25, 0.3) is 0 Å². The summed E-state index contributed by atoms with van der Waals surface area (Å²) in [6, 6.07) is 0. The van der Waals surface area contributed by atoms with Gasteiger partial charge in [-0.05, 0) is 56.4 Å². The fourth-order valence-corrected chi connectivity index (χ4v) is 3.81. The lowest BCUT2D eigenvalue weighted by Crippen LogP contribution is -2.55. The van der Waals surface area contributed by atoms with Crippen molar-refractivity contribution in [3.05, 3.63) is 0 Å². The van der Waals surface area contributed by atoms with Crippen LogP contribution >= 0.6 is 0 Å². The van der Waals surface area contributed by atoms with Crippen molar-refractivity contribution in [3.63, 3.8) is 0 Å². The summed E-state index contributed by atoms with van der Waals surface area (Å²) in [6.07, 6.45) is 6.55. The highest BCUT2D eigenvalue weighted by Crippen LogP contribution is 2.40. The van der Waals surface area contributed by atoms with Gasteiger partial charge in [-0.1, -0.05) is 20.8 Å². The first kappa shape index (κ1) is 15.3. The fourth-order valence-electron chi connectivity index (χ4n) is 3.81. The van der Waals surface area contributed by atoms with Crippen LogP contribution in [0.4, 0.5) is 0 Å². The molecule has 0 heterocycles. The van der Waals surface area contributed by atoms with Gasteiger partial charge in [0.15, 0.2) is 0 Å². The molecular formula is C16H31NO2. The minimum Gasteiger partial charge on any atom is -0.394 e. The Bertz CT molecular complexity index is 270. The predicted molar refractivity (Wildman–Crippen MR) is 78.1 cm³/mol.